The maximum Gasteiger partial charge on any atom is 0.256 e. The lowest BCUT2D eigenvalue weighted by molar-refractivity contribution is 0.0949. The molecule has 3 atom stereocenters. The first-order valence-electron chi connectivity index (χ1n) is 9.77. The smallest absolute Gasteiger partial charge is 0.256 e. The zero-order valence-corrected chi connectivity index (χ0v) is 16.3. The molecule has 2 saturated carbocycles. The van der Waals surface area contributed by atoms with Crippen LogP contribution in [0.3, 0.4) is 0 Å². The molecule has 4 rings (SSSR count). The Kier molecular flexibility index (Phi) is 5.22. The van der Waals surface area contributed by atoms with Crippen LogP contribution in [-0.2, 0) is 6.54 Å². The topological polar surface area (TPSA) is 46.9 Å². The lowest BCUT2D eigenvalue weighted by atomic mass is 9.86. The first-order valence-corrected chi connectivity index (χ1v) is 10.1. The van der Waals surface area contributed by atoms with Crippen LogP contribution in [-0.4, -0.2) is 22.2 Å². The fourth-order valence-corrected chi connectivity index (χ4v) is 5.19. The average Bonchev–Trinajstić information content (AvgIpc) is 3.32. The van der Waals surface area contributed by atoms with E-state index in [4.69, 9.17) is 11.6 Å². The minimum Gasteiger partial charge on any atom is -0.352 e. The largest absolute Gasteiger partial charge is 0.352 e. The second-order valence-corrected chi connectivity index (χ2v) is 8.37. The van der Waals surface area contributed by atoms with Crippen LogP contribution in [0.2, 0.25) is 5.15 Å². The first kappa shape index (κ1) is 18.5. The Bertz CT molecular complexity index is 833. The number of fused-ring (bicyclic) bond motifs is 2. The van der Waals surface area contributed by atoms with E-state index in [-0.39, 0.29) is 11.7 Å². The van der Waals surface area contributed by atoms with Crippen LogP contribution in [0.15, 0.2) is 24.3 Å². The Morgan fingerprint density at radius 3 is 2.74 bits per heavy atom. The molecule has 1 heterocycles. The Morgan fingerprint density at radius 2 is 2.07 bits per heavy atom. The molecule has 1 aromatic carbocycles. The van der Waals surface area contributed by atoms with E-state index in [0.29, 0.717) is 29.5 Å². The van der Waals surface area contributed by atoms with Gasteiger partial charge in [-0.25, -0.2) is 9.07 Å². The minimum absolute atomic E-state index is 0.161. The Labute approximate surface area is 164 Å². The number of carbonyl (C=O) groups is 1. The maximum absolute atomic E-state index is 13.1. The number of carbonyl (C=O) groups excluding carboxylic acids is 1. The van der Waals surface area contributed by atoms with E-state index >= 15 is 0 Å². The molecule has 2 aliphatic rings. The van der Waals surface area contributed by atoms with Crippen molar-refractivity contribution < 1.29 is 9.18 Å². The third-order valence-electron chi connectivity index (χ3n) is 6.22. The zero-order chi connectivity index (χ0) is 19.0. The Balaban J connectivity index is 1.37. The number of hydrogen-bond donors (Lipinski definition) is 1. The van der Waals surface area contributed by atoms with Gasteiger partial charge in [-0.15, -0.1) is 0 Å². The minimum atomic E-state index is -0.281. The van der Waals surface area contributed by atoms with Crippen LogP contribution in [0.25, 0.3) is 0 Å². The van der Waals surface area contributed by atoms with E-state index in [1.54, 1.807) is 23.7 Å². The van der Waals surface area contributed by atoms with Gasteiger partial charge in [-0.05, 0) is 68.1 Å². The number of nitrogens with zero attached hydrogens (tertiary/aromatic N) is 2. The Hall–Kier alpha value is -1.88. The summed E-state index contributed by atoms with van der Waals surface area (Å²) in [5.41, 5.74) is 1.93. The van der Waals surface area contributed by atoms with Crippen molar-refractivity contribution in [3.8, 4) is 0 Å². The highest BCUT2D eigenvalue weighted by atomic mass is 35.5. The highest BCUT2D eigenvalue weighted by Crippen LogP contribution is 2.49. The van der Waals surface area contributed by atoms with Gasteiger partial charge >= 0.3 is 0 Å². The lowest BCUT2D eigenvalue weighted by Crippen LogP contribution is -2.27. The maximum atomic E-state index is 13.1. The van der Waals surface area contributed by atoms with Gasteiger partial charge in [-0.2, -0.15) is 5.10 Å². The number of amides is 1. The lowest BCUT2D eigenvalue weighted by Gasteiger charge is -2.21. The van der Waals surface area contributed by atoms with E-state index in [1.807, 2.05) is 0 Å². The van der Waals surface area contributed by atoms with Gasteiger partial charge in [0.05, 0.1) is 17.8 Å². The molecule has 2 aromatic rings. The number of benzene rings is 1. The van der Waals surface area contributed by atoms with E-state index in [1.165, 1.54) is 37.8 Å². The van der Waals surface area contributed by atoms with Gasteiger partial charge < -0.3 is 5.32 Å². The number of aromatic nitrogens is 2. The highest BCUT2D eigenvalue weighted by Gasteiger charge is 2.38. The van der Waals surface area contributed by atoms with Crippen LogP contribution in [0.1, 0.15) is 53.7 Å². The standard InChI is InChI=1S/C21H25ClFN3O/c1-13-19(20(22)26(25-13)12-14-3-6-18(23)7-4-14)21(27)24-9-8-17-11-15-2-5-16(17)10-15/h3-4,6-7,15-17H,2,5,8-12H2,1H3,(H,24,27)/t15-,16-,17-/m0/s1. The number of hydrogen-bond acceptors (Lipinski definition) is 2. The summed E-state index contributed by atoms with van der Waals surface area (Å²) < 4.78 is 14.6. The normalized spacial score (nSPS) is 23.7. The van der Waals surface area contributed by atoms with Crippen molar-refractivity contribution >= 4 is 17.5 Å². The fraction of sp³-hybridized carbons (Fsp3) is 0.524. The molecular weight excluding hydrogens is 365 g/mol. The van der Waals surface area contributed by atoms with Crippen molar-refractivity contribution in [3.63, 3.8) is 0 Å². The molecule has 0 spiro atoms. The first-order chi connectivity index (χ1) is 13.0. The van der Waals surface area contributed by atoms with Crippen LogP contribution < -0.4 is 5.32 Å². The van der Waals surface area contributed by atoms with Gasteiger partial charge in [-0.1, -0.05) is 30.2 Å². The molecule has 1 N–H and O–H groups in total. The van der Waals surface area contributed by atoms with Crippen LogP contribution in [0, 0.1) is 30.5 Å². The van der Waals surface area contributed by atoms with Crippen molar-refractivity contribution in [2.24, 2.45) is 17.8 Å². The van der Waals surface area contributed by atoms with Crippen molar-refractivity contribution in [1.29, 1.82) is 0 Å². The molecule has 0 radical (unpaired) electrons. The molecular formula is C21H25ClFN3O. The second-order valence-electron chi connectivity index (χ2n) is 8.01. The third-order valence-corrected chi connectivity index (χ3v) is 6.61. The van der Waals surface area contributed by atoms with Gasteiger partial charge in [0.2, 0.25) is 0 Å². The quantitative estimate of drug-likeness (QED) is 0.785. The van der Waals surface area contributed by atoms with Crippen LogP contribution in [0.4, 0.5) is 4.39 Å². The number of nitrogens with one attached hydrogen (secondary N) is 1. The molecule has 2 bridgehead atoms. The molecule has 1 aromatic heterocycles. The summed E-state index contributed by atoms with van der Waals surface area (Å²) in [6, 6.07) is 6.20. The summed E-state index contributed by atoms with van der Waals surface area (Å²) in [5, 5.41) is 7.75. The van der Waals surface area contributed by atoms with Crippen molar-refractivity contribution in [1.82, 2.24) is 15.1 Å². The molecule has 2 fully saturated rings. The monoisotopic (exact) mass is 389 g/mol. The van der Waals surface area contributed by atoms with E-state index < -0.39 is 0 Å². The van der Waals surface area contributed by atoms with Gasteiger partial charge in [0.25, 0.3) is 5.91 Å². The summed E-state index contributed by atoms with van der Waals surface area (Å²) in [6.45, 7) is 2.88. The van der Waals surface area contributed by atoms with Crippen molar-refractivity contribution in [3.05, 3.63) is 52.1 Å². The van der Waals surface area contributed by atoms with Gasteiger partial charge in [-0.3, -0.25) is 4.79 Å². The summed E-state index contributed by atoms with van der Waals surface area (Å²) in [6.07, 6.45) is 6.53. The molecule has 4 nitrogen and oxygen atoms in total. The summed E-state index contributed by atoms with van der Waals surface area (Å²) in [4.78, 5) is 12.6. The van der Waals surface area contributed by atoms with E-state index in [9.17, 15) is 9.18 Å². The summed E-state index contributed by atoms with van der Waals surface area (Å²) in [5.74, 6) is 2.12. The number of rotatable bonds is 6. The molecule has 0 unspecified atom stereocenters. The zero-order valence-electron chi connectivity index (χ0n) is 15.5. The number of aryl methyl sites for hydroxylation is 1. The third kappa shape index (κ3) is 3.88. The SMILES string of the molecule is Cc1nn(Cc2ccc(F)cc2)c(Cl)c1C(=O)NCC[C@H]1C[C@H]2CC[C@H]1C2. The van der Waals surface area contributed by atoms with E-state index in [0.717, 1.165) is 29.7 Å². The van der Waals surface area contributed by atoms with Gasteiger partial charge in [0.15, 0.2) is 0 Å². The predicted octanol–water partition coefficient (Wildman–Crippen LogP) is 4.59. The molecule has 0 aliphatic heterocycles. The van der Waals surface area contributed by atoms with E-state index in [2.05, 4.69) is 10.4 Å². The summed E-state index contributed by atoms with van der Waals surface area (Å²) >= 11 is 6.43. The fourth-order valence-electron chi connectivity index (χ4n) is 4.87. The van der Waals surface area contributed by atoms with Gasteiger partial charge in [0.1, 0.15) is 11.0 Å². The highest BCUT2D eigenvalue weighted by molar-refractivity contribution is 6.33. The average molecular weight is 390 g/mol. The van der Waals surface area contributed by atoms with Gasteiger partial charge in [0, 0.05) is 6.54 Å². The van der Waals surface area contributed by atoms with Crippen LogP contribution >= 0.6 is 11.6 Å². The molecule has 1 amide bonds. The second kappa shape index (κ2) is 7.63. The summed E-state index contributed by atoms with van der Waals surface area (Å²) in [7, 11) is 0. The predicted molar refractivity (Wildman–Crippen MR) is 103 cm³/mol. The van der Waals surface area contributed by atoms with Crippen molar-refractivity contribution in [2.75, 3.05) is 6.54 Å². The van der Waals surface area contributed by atoms with Crippen LogP contribution in [0.5, 0.6) is 0 Å². The molecule has 6 heteroatoms. The Morgan fingerprint density at radius 1 is 1.30 bits per heavy atom. The van der Waals surface area contributed by atoms with Crippen molar-refractivity contribution in [2.45, 2.75) is 45.6 Å². The number of halogens is 2. The molecule has 144 valence electrons. The molecule has 2 aliphatic carbocycles. The molecule has 0 saturated heterocycles. The molecule has 27 heavy (non-hydrogen) atoms.